The molecule has 2 aromatic rings. The Bertz CT molecular complexity index is 566. The third-order valence-electron chi connectivity index (χ3n) is 1.96. The lowest BCUT2D eigenvalue weighted by molar-refractivity contribution is 0.449. The van der Waals surface area contributed by atoms with E-state index in [0.717, 1.165) is 18.2 Å². The number of aromatic nitrogens is 2. The Labute approximate surface area is 101 Å². The van der Waals surface area contributed by atoms with Crippen LogP contribution in [0.5, 0.6) is 11.6 Å². The van der Waals surface area contributed by atoms with Crippen molar-refractivity contribution < 1.29 is 13.5 Å². The molecule has 0 bridgehead atoms. The zero-order chi connectivity index (χ0) is 13.1. The van der Waals surface area contributed by atoms with Gasteiger partial charge < -0.3 is 10.5 Å². The molecule has 0 aliphatic carbocycles. The van der Waals surface area contributed by atoms with E-state index in [9.17, 15) is 8.78 Å². The zero-order valence-electron chi connectivity index (χ0n) is 9.02. The van der Waals surface area contributed by atoms with Gasteiger partial charge in [0.1, 0.15) is 28.9 Å². The summed E-state index contributed by atoms with van der Waals surface area (Å²) < 4.78 is 30.9. The molecule has 0 fully saturated rings. The molecule has 92 valence electrons. The van der Waals surface area contributed by atoms with Gasteiger partial charge in [0.05, 0.1) is 12.4 Å². The molecular formula is C11H8F2N4O. The average molecular weight is 250 g/mol. The monoisotopic (exact) mass is 250 g/mol. The number of ether oxygens (including phenoxy) is 1. The van der Waals surface area contributed by atoms with Crippen molar-refractivity contribution in [2.45, 2.75) is 0 Å². The van der Waals surface area contributed by atoms with Crippen LogP contribution in [-0.2, 0) is 0 Å². The second-order valence-corrected chi connectivity index (χ2v) is 3.36. The van der Waals surface area contributed by atoms with Gasteiger partial charge >= 0.3 is 0 Å². The van der Waals surface area contributed by atoms with E-state index < -0.39 is 11.6 Å². The van der Waals surface area contributed by atoms with Crippen LogP contribution in [0.15, 0.2) is 30.6 Å². The van der Waals surface area contributed by atoms with Crippen LogP contribution in [0.4, 0.5) is 8.78 Å². The maximum atomic E-state index is 12.9. The second-order valence-electron chi connectivity index (χ2n) is 3.36. The first-order chi connectivity index (χ1) is 8.54. The Kier molecular flexibility index (Phi) is 3.13. The summed E-state index contributed by atoms with van der Waals surface area (Å²) in [5.41, 5.74) is 5.38. The van der Waals surface area contributed by atoms with Gasteiger partial charge in [-0.05, 0) is 0 Å². The number of amidine groups is 1. The maximum absolute atomic E-state index is 12.9. The van der Waals surface area contributed by atoms with E-state index in [0.29, 0.717) is 0 Å². The van der Waals surface area contributed by atoms with Crippen molar-refractivity contribution in [3.63, 3.8) is 0 Å². The molecule has 1 heterocycles. The predicted molar refractivity (Wildman–Crippen MR) is 59.5 cm³/mol. The fourth-order valence-corrected chi connectivity index (χ4v) is 1.22. The third kappa shape index (κ3) is 2.76. The van der Waals surface area contributed by atoms with Crippen LogP contribution < -0.4 is 10.5 Å². The van der Waals surface area contributed by atoms with Gasteiger partial charge in [-0.3, -0.25) is 5.41 Å². The number of nitrogens with one attached hydrogen (secondary N) is 1. The van der Waals surface area contributed by atoms with E-state index in [2.05, 4.69) is 9.97 Å². The number of nitrogen functional groups attached to an aromatic ring is 1. The van der Waals surface area contributed by atoms with Crippen molar-refractivity contribution >= 4 is 5.84 Å². The molecule has 1 aromatic carbocycles. The van der Waals surface area contributed by atoms with Gasteiger partial charge in [-0.25, -0.2) is 18.7 Å². The minimum absolute atomic E-state index is 0.0302. The van der Waals surface area contributed by atoms with Crippen molar-refractivity contribution in [2.24, 2.45) is 5.73 Å². The fourth-order valence-electron chi connectivity index (χ4n) is 1.22. The summed E-state index contributed by atoms with van der Waals surface area (Å²) in [7, 11) is 0. The fraction of sp³-hybridized carbons (Fsp3) is 0. The Morgan fingerprint density at radius 1 is 1.11 bits per heavy atom. The Morgan fingerprint density at radius 3 is 2.28 bits per heavy atom. The van der Waals surface area contributed by atoms with Crippen LogP contribution in [0.2, 0.25) is 0 Å². The molecule has 5 nitrogen and oxygen atoms in total. The molecular weight excluding hydrogens is 242 g/mol. The average Bonchev–Trinajstić information content (AvgIpc) is 2.28. The van der Waals surface area contributed by atoms with Crippen LogP contribution in [0, 0.1) is 17.0 Å². The quantitative estimate of drug-likeness (QED) is 0.642. The van der Waals surface area contributed by atoms with Crippen LogP contribution in [0.3, 0.4) is 0 Å². The largest absolute Gasteiger partial charge is 0.437 e. The number of benzene rings is 1. The van der Waals surface area contributed by atoms with Crippen LogP contribution in [0.1, 0.15) is 5.69 Å². The van der Waals surface area contributed by atoms with Gasteiger partial charge in [0.15, 0.2) is 0 Å². The summed E-state index contributed by atoms with van der Waals surface area (Å²) in [6.45, 7) is 0. The number of halogens is 2. The minimum Gasteiger partial charge on any atom is -0.437 e. The number of nitrogens with zero attached hydrogens (tertiary/aromatic N) is 2. The highest BCUT2D eigenvalue weighted by Crippen LogP contribution is 2.20. The molecule has 7 heteroatoms. The molecule has 18 heavy (non-hydrogen) atoms. The van der Waals surface area contributed by atoms with E-state index in [4.69, 9.17) is 15.9 Å². The van der Waals surface area contributed by atoms with Crippen LogP contribution in [0.25, 0.3) is 0 Å². The van der Waals surface area contributed by atoms with Crippen LogP contribution >= 0.6 is 0 Å². The SMILES string of the molecule is N=C(N)c1cnc(Oc2cc(F)cc(F)c2)cn1. The Morgan fingerprint density at radius 2 is 1.78 bits per heavy atom. The van der Waals surface area contributed by atoms with Gasteiger partial charge in [0.2, 0.25) is 5.88 Å². The van der Waals surface area contributed by atoms with Crippen molar-refractivity contribution in [3.05, 3.63) is 47.9 Å². The first kappa shape index (κ1) is 11.9. The van der Waals surface area contributed by atoms with Crippen molar-refractivity contribution in [2.75, 3.05) is 0 Å². The molecule has 1 aromatic heterocycles. The standard InChI is InChI=1S/C11H8F2N4O/c12-6-1-7(13)3-8(2-6)18-10-5-16-9(4-17-10)11(14)15/h1-5H,(H3,14,15). The number of hydrogen-bond donors (Lipinski definition) is 2. The Balaban J connectivity index is 2.20. The van der Waals surface area contributed by atoms with Gasteiger partial charge in [-0.2, -0.15) is 0 Å². The molecule has 0 spiro atoms. The molecule has 0 unspecified atom stereocenters. The smallest absolute Gasteiger partial charge is 0.237 e. The van der Waals surface area contributed by atoms with Gasteiger partial charge in [0, 0.05) is 18.2 Å². The lowest BCUT2D eigenvalue weighted by Crippen LogP contribution is -2.13. The molecule has 0 saturated heterocycles. The first-order valence-corrected chi connectivity index (χ1v) is 4.85. The van der Waals surface area contributed by atoms with Crippen LogP contribution in [-0.4, -0.2) is 15.8 Å². The first-order valence-electron chi connectivity index (χ1n) is 4.85. The lowest BCUT2D eigenvalue weighted by Gasteiger charge is -2.05. The van der Waals surface area contributed by atoms with E-state index in [1.807, 2.05) is 0 Å². The van der Waals surface area contributed by atoms with E-state index >= 15 is 0 Å². The summed E-state index contributed by atoms with van der Waals surface area (Å²) in [5.74, 6) is -1.72. The summed E-state index contributed by atoms with van der Waals surface area (Å²) in [6.07, 6.45) is 2.44. The molecule has 0 amide bonds. The summed E-state index contributed by atoms with van der Waals surface area (Å²) >= 11 is 0. The van der Waals surface area contributed by atoms with E-state index in [-0.39, 0.29) is 23.2 Å². The number of nitrogens with two attached hydrogens (primary N) is 1. The van der Waals surface area contributed by atoms with Gasteiger partial charge in [0.25, 0.3) is 0 Å². The number of rotatable bonds is 3. The lowest BCUT2D eigenvalue weighted by atomic mass is 10.3. The highest BCUT2D eigenvalue weighted by Gasteiger charge is 2.05. The van der Waals surface area contributed by atoms with E-state index in [1.165, 1.54) is 12.4 Å². The minimum atomic E-state index is -0.752. The molecule has 0 aliphatic rings. The van der Waals surface area contributed by atoms with Gasteiger partial charge in [-0.1, -0.05) is 0 Å². The normalized spacial score (nSPS) is 10.1. The molecule has 0 atom stereocenters. The Hall–Kier alpha value is -2.57. The van der Waals surface area contributed by atoms with Crippen molar-refractivity contribution in [1.82, 2.24) is 9.97 Å². The predicted octanol–water partition coefficient (Wildman–Crippen LogP) is 1.83. The molecule has 0 aliphatic heterocycles. The molecule has 2 rings (SSSR count). The molecule has 0 radical (unpaired) electrons. The maximum Gasteiger partial charge on any atom is 0.237 e. The van der Waals surface area contributed by atoms with E-state index in [1.54, 1.807) is 0 Å². The topological polar surface area (TPSA) is 84.9 Å². The van der Waals surface area contributed by atoms with Crippen molar-refractivity contribution in [1.29, 1.82) is 5.41 Å². The summed E-state index contributed by atoms with van der Waals surface area (Å²) in [6, 6.07) is 2.77. The number of hydrogen-bond acceptors (Lipinski definition) is 4. The third-order valence-corrected chi connectivity index (χ3v) is 1.96. The summed E-state index contributed by atoms with van der Waals surface area (Å²) in [4.78, 5) is 7.60. The second kappa shape index (κ2) is 4.74. The highest BCUT2D eigenvalue weighted by molar-refractivity contribution is 5.92. The molecule has 0 saturated carbocycles. The highest BCUT2D eigenvalue weighted by atomic mass is 19.1. The summed E-state index contributed by atoms with van der Waals surface area (Å²) in [5, 5.41) is 7.12. The molecule has 3 N–H and O–H groups in total. The van der Waals surface area contributed by atoms with Crippen molar-refractivity contribution in [3.8, 4) is 11.6 Å². The van der Waals surface area contributed by atoms with Gasteiger partial charge in [-0.15, -0.1) is 0 Å². The zero-order valence-corrected chi connectivity index (χ0v) is 9.02.